The van der Waals surface area contributed by atoms with Crippen LogP contribution in [0.3, 0.4) is 0 Å². The number of hydrogen-bond acceptors (Lipinski definition) is 3. The average Bonchev–Trinajstić information content (AvgIpc) is 3.06. The Balaban J connectivity index is 0.00000312. The van der Waals surface area contributed by atoms with Crippen LogP contribution in [0, 0.1) is 5.92 Å². The molecule has 4 unspecified atom stereocenters. The van der Waals surface area contributed by atoms with Gasteiger partial charge in [0.25, 0.3) is 0 Å². The molecule has 2 fully saturated rings. The minimum atomic E-state index is -0.669. The van der Waals surface area contributed by atoms with E-state index in [2.05, 4.69) is 27.4 Å². The van der Waals surface area contributed by atoms with E-state index in [0.717, 1.165) is 43.4 Å². The Morgan fingerprint density at radius 1 is 1.28 bits per heavy atom. The van der Waals surface area contributed by atoms with Gasteiger partial charge in [-0.15, -0.1) is 24.0 Å². The van der Waals surface area contributed by atoms with Crippen LogP contribution in [0.25, 0.3) is 0 Å². The van der Waals surface area contributed by atoms with Crippen molar-refractivity contribution >= 4 is 40.7 Å². The molecule has 0 aromatic carbocycles. The molecule has 0 spiro atoms. The molecule has 1 heterocycles. The molecule has 7 heteroatoms. The topological polar surface area (TPSA) is 56.7 Å². The highest BCUT2D eigenvalue weighted by Crippen LogP contribution is 2.23. The number of hydrogen-bond donors (Lipinski definition) is 2. The van der Waals surface area contributed by atoms with Crippen LogP contribution in [0.2, 0.25) is 0 Å². The largest absolute Gasteiger partial charge is 0.356 e. The number of nitrogens with one attached hydrogen (secondary N) is 2. The lowest BCUT2D eigenvalue weighted by molar-refractivity contribution is 0.324. The van der Waals surface area contributed by atoms with E-state index < -0.39 is 10.8 Å². The second kappa shape index (κ2) is 12.5. The van der Waals surface area contributed by atoms with Crippen LogP contribution < -0.4 is 10.6 Å². The molecule has 0 aromatic rings. The van der Waals surface area contributed by atoms with Crippen molar-refractivity contribution < 1.29 is 4.21 Å². The van der Waals surface area contributed by atoms with Crippen LogP contribution in [-0.2, 0) is 10.8 Å². The van der Waals surface area contributed by atoms with Gasteiger partial charge in [0.2, 0.25) is 0 Å². The maximum atomic E-state index is 12.1. The molecule has 0 radical (unpaired) electrons. The van der Waals surface area contributed by atoms with Crippen molar-refractivity contribution in [2.75, 3.05) is 39.0 Å². The minimum Gasteiger partial charge on any atom is -0.356 e. The molecular weight excluding hydrogens is 447 g/mol. The molecular formula is C18H37IN4OS. The standard InChI is InChI=1S/C18H36N4OS.HI/c1-4-10-22-11-9-15(14-22)13-20-18(19-3)21-16-7-6-8-17(12-16)24(23)5-2;/h15-17H,4-14H2,1-3H3,(H2,19,20,21);1H. The predicted octanol–water partition coefficient (Wildman–Crippen LogP) is 2.58. The van der Waals surface area contributed by atoms with Crippen molar-refractivity contribution in [1.82, 2.24) is 15.5 Å². The summed E-state index contributed by atoms with van der Waals surface area (Å²) in [7, 11) is 1.18. The SMILES string of the molecule is CCCN1CCC(CNC(=NC)NC2CCCC(S(=O)CC)C2)C1.I. The fraction of sp³-hybridized carbons (Fsp3) is 0.944. The first-order valence-corrected chi connectivity index (χ1v) is 11.1. The lowest BCUT2D eigenvalue weighted by Crippen LogP contribution is -2.47. The van der Waals surface area contributed by atoms with E-state index in [1.165, 1.54) is 38.9 Å². The summed E-state index contributed by atoms with van der Waals surface area (Å²) in [6, 6.07) is 0.408. The highest BCUT2D eigenvalue weighted by atomic mass is 127. The number of likely N-dealkylation sites (tertiary alicyclic amines) is 1. The van der Waals surface area contributed by atoms with E-state index in [9.17, 15) is 4.21 Å². The lowest BCUT2D eigenvalue weighted by atomic mass is 9.95. The highest BCUT2D eigenvalue weighted by Gasteiger charge is 2.26. The van der Waals surface area contributed by atoms with Crippen molar-refractivity contribution in [2.24, 2.45) is 10.9 Å². The zero-order valence-corrected chi connectivity index (χ0v) is 19.3. The van der Waals surface area contributed by atoms with Crippen molar-refractivity contribution in [3.8, 4) is 0 Å². The second-order valence-electron chi connectivity index (χ2n) is 7.21. The van der Waals surface area contributed by atoms with Crippen molar-refractivity contribution in [2.45, 2.75) is 63.7 Å². The monoisotopic (exact) mass is 484 g/mol. The quantitative estimate of drug-likeness (QED) is 0.332. The Kier molecular flexibility index (Phi) is 11.6. The normalized spacial score (nSPS) is 29.1. The van der Waals surface area contributed by atoms with E-state index in [4.69, 9.17) is 0 Å². The minimum absolute atomic E-state index is 0. The molecule has 0 bridgehead atoms. The maximum absolute atomic E-state index is 12.1. The fourth-order valence-electron chi connectivity index (χ4n) is 3.98. The first kappa shape index (κ1) is 23.1. The Labute approximate surface area is 173 Å². The van der Waals surface area contributed by atoms with Crippen LogP contribution in [0.1, 0.15) is 52.4 Å². The number of guanidine groups is 1. The van der Waals surface area contributed by atoms with Gasteiger partial charge in [-0.3, -0.25) is 9.20 Å². The summed E-state index contributed by atoms with van der Waals surface area (Å²) in [6.07, 6.45) is 6.97. The van der Waals surface area contributed by atoms with Crippen LogP contribution in [0.4, 0.5) is 0 Å². The molecule has 25 heavy (non-hydrogen) atoms. The van der Waals surface area contributed by atoms with Gasteiger partial charge in [0.1, 0.15) is 0 Å². The van der Waals surface area contributed by atoms with Crippen LogP contribution >= 0.6 is 24.0 Å². The predicted molar refractivity (Wildman–Crippen MR) is 119 cm³/mol. The van der Waals surface area contributed by atoms with Crippen LogP contribution in [0.15, 0.2) is 4.99 Å². The third kappa shape index (κ3) is 7.71. The molecule has 2 aliphatic rings. The van der Waals surface area contributed by atoms with Crippen molar-refractivity contribution in [1.29, 1.82) is 0 Å². The third-order valence-electron chi connectivity index (χ3n) is 5.31. The Morgan fingerprint density at radius 2 is 2.08 bits per heavy atom. The Morgan fingerprint density at radius 3 is 2.76 bits per heavy atom. The van der Waals surface area contributed by atoms with Crippen LogP contribution in [0.5, 0.6) is 0 Å². The fourth-order valence-corrected chi connectivity index (χ4v) is 5.33. The molecule has 1 saturated carbocycles. The molecule has 1 aliphatic heterocycles. The molecule has 1 saturated heterocycles. The smallest absolute Gasteiger partial charge is 0.191 e. The van der Waals surface area contributed by atoms with Gasteiger partial charge in [-0.25, -0.2) is 0 Å². The highest BCUT2D eigenvalue weighted by molar-refractivity contribution is 14.0. The summed E-state index contributed by atoms with van der Waals surface area (Å²) in [5.74, 6) is 2.42. The van der Waals surface area contributed by atoms with Gasteiger partial charge >= 0.3 is 0 Å². The van der Waals surface area contributed by atoms with Crippen molar-refractivity contribution in [3.63, 3.8) is 0 Å². The number of halogens is 1. The summed E-state index contributed by atoms with van der Waals surface area (Å²) in [4.78, 5) is 6.96. The van der Waals surface area contributed by atoms with Gasteiger partial charge in [0.15, 0.2) is 5.96 Å². The van der Waals surface area contributed by atoms with Gasteiger partial charge in [0.05, 0.1) is 0 Å². The lowest BCUT2D eigenvalue weighted by Gasteiger charge is -2.30. The molecule has 0 aromatic heterocycles. The summed E-state index contributed by atoms with van der Waals surface area (Å²) >= 11 is 0. The third-order valence-corrected chi connectivity index (χ3v) is 7.06. The molecule has 5 nitrogen and oxygen atoms in total. The summed E-state index contributed by atoms with van der Waals surface area (Å²) < 4.78 is 12.1. The van der Waals surface area contributed by atoms with Gasteiger partial charge in [-0.05, 0) is 51.1 Å². The van der Waals surface area contributed by atoms with E-state index >= 15 is 0 Å². The van der Waals surface area contributed by atoms with Crippen LogP contribution in [-0.4, -0.2) is 65.3 Å². The van der Waals surface area contributed by atoms with E-state index in [1.807, 2.05) is 14.0 Å². The molecule has 148 valence electrons. The first-order chi connectivity index (χ1) is 11.7. The first-order valence-electron chi connectivity index (χ1n) is 9.72. The number of nitrogens with zero attached hydrogens (tertiary/aromatic N) is 2. The molecule has 1 aliphatic carbocycles. The van der Waals surface area contributed by atoms with Gasteiger partial charge in [-0.1, -0.05) is 20.3 Å². The summed E-state index contributed by atoms with van der Waals surface area (Å²) in [5.41, 5.74) is 0. The van der Waals surface area contributed by atoms with Gasteiger partial charge in [0, 0.05) is 48.0 Å². The van der Waals surface area contributed by atoms with Gasteiger partial charge in [-0.2, -0.15) is 0 Å². The van der Waals surface area contributed by atoms with E-state index in [-0.39, 0.29) is 24.0 Å². The average molecular weight is 484 g/mol. The van der Waals surface area contributed by atoms with E-state index in [1.54, 1.807) is 0 Å². The zero-order valence-electron chi connectivity index (χ0n) is 16.1. The maximum Gasteiger partial charge on any atom is 0.191 e. The molecule has 0 amide bonds. The summed E-state index contributed by atoms with van der Waals surface area (Å²) in [5, 5.41) is 7.44. The zero-order chi connectivity index (χ0) is 17.4. The Bertz CT molecular complexity index is 435. The molecule has 2 N–H and O–H groups in total. The Hall–Kier alpha value is 0.110. The molecule has 4 atom stereocenters. The second-order valence-corrected chi connectivity index (χ2v) is 9.21. The van der Waals surface area contributed by atoms with Gasteiger partial charge < -0.3 is 15.5 Å². The number of rotatable bonds is 7. The summed E-state index contributed by atoms with van der Waals surface area (Å²) in [6.45, 7) is 8.94. The number of aliphatic imine (C=N–C) groups is 1. The van der Waals surface area contributed by atoms with E-state index in [0.29, 0.717) is 11.3 Å². The molecule has 2 rings (SSSR count). The van der Waals surface area contributed by atoms with Crippen molar-refractivity contribution in [3.05, 3.63) is 0 Å².